The molecule has 2 aromatic heterocycles. The van der Waals surface area contributed by atoms with Gasteiger partial charge in [-0.15, -0.1) is 0 Å². The van der Waals surface area contributed by atoms with Gasteiger partial charge in [0.1, 0.15) is 0 Å². The Balaban J connectivity index is 1.77. The average Bonchev–Trinajstić information content (AvgIpc) is 2.86. The number of nitrogens with two attached hydrogens (primary N) is 1. The maximum absolute atomic E-state index is 11.6. The minimum absolute atomic E-state index is 0.209. The predicted octanol–water partition coefficient (Wildman–Crippen LogP) is 0.851. The maximum Gasteiger partial charge on any atom is 0.258 e. The summed E-state index contributed by atoms with van der Waals surface area (Å²) in [5, 5.41) is 7.37. The number of aromatic nitrogens is 4. The molecule has 108 valence electrons. The third kappa shape index (κ3) is 2.69. The minimum Gasteiger partial charge on any atom is -0.397 e. The number of H-pyrrole nitrogens is 1. The Labute approximate surface area is 119 Å². The van der Waals surface area contributed by atoms with Crippen LogP contribution in [0.1, 0.15) is 11.7 Å². The number of aryl methyl sites for hydroxylation is 1. The molecular weight excluding hydrogens is 272 g/mol. The zero-order valence-corrected chi connectivity index (χ0v) is 11.4. The van der Waals surface area contributed by atoms with Crippen LogP contribution in [0.25, 0.3) is 10.9 Å². The van der Waals surface area contributed by atoms with Gasteiger partial charge in [0.15, 0.2) is 5.82 Å². The second-order valence-corrected chi connectivity index (χ2v) is 4.60. The van der Waals surface area contributed by atoms with E-state index in [1.165, 1.54) is 6.33 Å². The number of aromatic amines is 1. The molecule has 21 heavy (non-hydrogen) atoms. The smallest absolute Gasteiger partial charge is 0.258 e. The van der Waals surface area contributed by atoms with E-state index in [0.29, 0.717) is 41.3 Å². The Morgan fingerprint density at radius 1 is 1.43 bits per heavy atom. The predicted molar refractivity (Wildman–Crippen MR) is 78.0 cm³/mol. The number of hydrogen-bond acceptors (Lipinski definition) is 7. The molecule has 0 fully saturated rings. The molecule has 0 aliphatic rings. The summed E-state index contributed by atoms with van der Waals surface area (Å²) in [7, 11) is 0. The standard InChI is InChI=1S/C13H14N6O2/c1-7-18-12(21-19-7)2-3-15-11-5-10-8(4-9(11)14)13(20)17-6-16-10/h4-6,15H,2-3,14H2,1H3,(H,16,17,20). The number of benzene rings is 1. The number of fused-ring (bicyclic) bond motifs is 1. The summed E-state index contributed by atoms with van der Waals surface area (Å²) in [6.07, 6.45) is 1.95. The van der Waals surface area contributed by atoms with Gasteiger partial charge in [-0.2, -0.15) is 4.98 Å². The molecule has 3 rings (SSSR count). The van der Waals surface area contributed by atoms with Crippen molar-refractivity contribution in [2.24, 2.45) is 0 Å². The summed E-state index contributed by atoms with van der Waals surface area (Å²) in [6, 6.07) is 3.36. The highest BCUT2D eigenvalue weighted by Gasteiger charge is 2.07. The number of hydrogen-bond donors (Lipinski definition) is 3. The van der Waals surface area contributed by atoms with Crippen LogP contribution in [0.5, 0.6) is 0 Å². The minimum atomic E-state index is -0.209. The van der Waals surface area contributed by atoms with Gasteiger partial charge in [0.2, 0.25) is 5.89 Å². The molecule has 0 atom stereocenters. The van der Waals surface area contributed by atoms with Gasteiger partial charge in [-0.25, -0.2) is 4.98 Å². The van der Waals surface area contributed by atoms with Crippen LogP contribution in [-0.2, 0) is 6.42 Å². The van der Waals surface area contributed by atoms with Crippen molar-refractivity contribution in [3.63, 3.8) is 0 Å². The van der Waals surface area contributed by atoms with Gasteiger partial charge in [0, 0.05) is 13.0 Å². The second-order valence-electron chi connectivity index (χ2n) is 4.60. The lowest BCUT2D eigenvalue weighted by atomic mass is 10.2. The van der Waals surface area contributed by atoms with Crippen molar-refractivity contribution < 1.29 is 4.52 Å². The first-order chi connectivity index (χ1) is 10.1. The van der Waals surface area contributed by atoms with Gasteiger partial charge in [0.25, 0.3) is 5.56 Å². The summed E-state index contributed by atoms with van der Waals surface area (Å²) in [5.41, 5.74) is 7.53. The van der Waals surface area contributed by atoms with Crippen molar-refractivity contribution in [1.82, 2.24) is 20.1 Å². The van der Waals surface area contributed by atoms with Crippen LogP contribution in [0.2, 0.25) is 0 Å². The Bertz CT molecular complexity index is 838. The van der Waals surface area contributed by atoms with E-state index in [0.717, 1.165) is 5.69 Å². The Kier molecular flexibility index (Phi) is 3.27. The molecule has 0 saturated carbocycles. The molecule has 4 N–H and O–H groups in total. The lowest BCUT2D eigenvalue weighted by Gasteiger charge is -2.09. The van der Waals surface area contributed by atoms with Crippen molar-refractivity contribution in [3.8, 4) is 0 Å². The molecule has 0 spiro atoms. The Hall–Kier alpha value is -2.90. The van der Waals surface area contributed by atoms with Crippen molar-refractivity contribution in [2.45, 2.75) is 13.3 Å². The Morgan fingerprint density at radius 2 is 2.29 bits per heavy atom. The normalized spacial score (nSPS) is 10.9. The molecule has 3 aromatic rings. The molecule has 0 unspecified atom stereocenters. The lowest BCUT2D eigenvalue weighted by Crippen LogP contribution is -2.10. The van der Waals surface area contributed by atoms with Crippen molar-refractivity contribution in [2.75, 3.05) is 17.6 Å². The molecule has 0 aliphatic carbocycles. The quantitative estimate of drug-likeness (QED) is 0.607. The van der Waals surface area contributed by atoms with Crippen molar-refractivity contribution in [3.05, 3.63) is 40.5 Å². The van der Waals surface area contributed by atoms with E-state index in [9.17, 15) is 4.79 Å². The van der Waals surface area contributed by atoms with Gasteiger partial charge in [-0.1, -0.05) is 5.16 Å². The van der Waals surface area contributed by atoms with Gasteiger partial charge in [0.05, 0.1) is 28.6 Å². The van der Waals surface area contributed by atoms with E-state index in [1.54, 1.807) is 19.1 Å². The second kappa shape index (κ2) is 5.23. The number of nitrogens with one attached hydrogen (secondary N) is 2. The highest BCUT2D eigenvalue weighted by Crippen LogP contribution is 2.22. The molecule has 8 heteroatoms. The molecule has 1 aromatic carbocycles. The van der Waals surface area contributed by atoms with Crippen LogP contribution >= 0.6 is 0 Å². The largest absolute Gasteiger partial charge is 0.397 e. The van der Waals surface area contributed by atoms with Crippen LogP contribution in [0.15, 0.2) is 27.8 Å². The molecule has 8 nitrogen and oxygen atoms in total. The third-order valence-electron chi connectivity index (χ3n) is 3.04. The molecule has 0 bridgehead atoms. The van der Waals surface area contributed by atoms with Crippen LogP contribution in [-0.4, -0.2) is 26.7 Å². The SMILES string of the molecule is Cc1noc(CCNc2cc3nc[nH]c(=O)c3cc2N)n1. The highest BCUT2D eigenvalue weighted by molar-refractivity contribution is 5.88. The topological polar surface area (TPSA) is 123 Å². The summed E-state index contributed by atoms with van der Waals surface area (Å²) < 4.78 is 5.03. The molecule has 0 amide bonds. The van der Waals surface area contributed by atoms with E-state index >= 15 is 0 Å². The fourth-order valence-electron chi connectivity index (χ4n) is 2.03. The summed E-state index contributed by atoms with van der Waals surface area (Å²) >= 11 is 0. The number of anilines is 2. The Morgan fingerprint density at radius 3 is 3.05 bits per heavy atom. The van der Waals surface area contributed by atoms with Crippen LogP contribution < -0.4 is 16.6 Å². The van der Waals surface area contributed by atoms with Gasteiger partial charge >= 0.3 is 0 Å². The molecule has 0 radical (unpaired) electrons. The monoisotopic (exact) mass is 286 g/mol. The van der Waals surface area contributed by atoms with E-state index in [1.807, 2.05) is 0 Å². The highest BCUT2D eigenvalue weighted by atomic mass is 16.5. The molecule has 0 aliphatic heterocycles. The van der Waals surface area contributed by atoms with Gasteiger partial charge in [-0.05, 0) is 19.1 Å². The zero-order valence-electron chi connectivity index (χ0n) is 11.4. The first kappa shape index (κ1) is 13.1. The first-order valence-electron chi connectivity index (χ1n) is 6.43. The van der Waals surface area contributed by atoms with Gasteiger partial charge in [-0.3, -0.25) is 4.79 Å². The van der Waals surface area contributed by atoms with E-state index < -0.39 is 0 Å². The summed E-state index contributed by atoms with van der Waals surface area (Å²) in [5.74, 6) is 1.17. The maximum atomic E-state index is 11.6. The van der Waals surface area contributed by atoms with Crippen LogP contribution in [0, 0.1) is 6.92 Å². The molecule has 2 heterocycles. The number of rotatable bonds is 4. The van der Waals surface area contributed by atoms with Crippen molar-refractivity contribution >= 4 is 22.3 Å². The van der Waals surface area contributed by atoms with Crippen LogP contribution in [0.3, 0.4) is 0 Å². The molecular formula is C13H14N6O2. The number of nitrogen functional groups attached to an aromatic ring is 1. The van der Waals surface area contributed by atoms with E-state index in [-0.39, 0.29) is 5.56 Å². The van der Waals surface area contributed by atoms with Crippen molar-refractivity contribution in [1.29, 1.82) is 0 Å². The zero-order chi connectivity index (χ0) is 14.8. The third-order valence-corrected chi connectivity index (χ3v) is 3.04. The summed E-state index contributed by atoms with van der Waals surface area (Å²) in [4.78, 5) is 22.4. The van der Waals surface area contributed by atoms with Gasteiger partial charge < -0.3 is 20.6 Å². The lowest BCUT2D eigenvalue weighted by molar-refractivity contribution is 0.377. The first-order valence-corrected chi connectivity index (χ1v) is 6.43. The fraction of sp³-hybridized carbons (Fsp3) is 0.231. The van der Waals surface area contributed by atoms with E-state index in [2.05, 4.69) is 25.4 Å². The van der Waals surface area contributed by atoms with Crippen LogP contribution in [0.4, 0.5) is 11.4 Å². The number of nitrogens with zero attached hydrogens (tertiary/aromatic N) is 3. The fourth-order valence-corrected chi connectivity index (χ4v) is 2.03. The average molecular weight is 286 g/mol. The molecule has 0 saturated heterocycles. The van der Waals surface area contributed by atoms with E-state index in [4.69, 9.17) is 10.3 Å². The summed E-state index contributed by atoms with van der Waals surface area (Å²) in [6.45, 7) is 2.35.